The Morgan fingerprint density at radius 2 is 2.10 bits per heavy atom. The number of hydrogen-bond donors (Lipinski definition) is 1. The van der Waals surface area contributed by atoms with E-state index >= 15 is 0 Å². The SMILES string of the molecule is C=CC(CC)CCC(C)N. The summed E-state index contributed by atoms with van der Waals surface area (Å²) in [6, 6.07) is 0.342. The number of allylic oxidation sites excluding steroid dienone is 1. The predicted octanol–water partition coefficient (Wildman–Crippen LogP) is 2.33. The van der Waals surface area contributed by atoms with Crippen LogP contribution in [0, 0.1) is 5.92 Å². The van der Waals surface area contributed by atoms with Crippen molar-refractivity contribution in [2.75, 3.05) is 0 Å². The molecule has 0 amide bonds. The summed E-state index contributed by atoms with van der Waals surface area (Å²) in [6.07, 6.45) is 5.53. The van der Waals surface area contributed by atoms with E-state index < -0.39 is 0 Å². The summed E-state index contributed by atoms with van der Waals surface area (Å²) in [5.41, 5.74) is 5.62. The lowest BCUT2D eigenvalue weighted by Crippen LogP contribution is -2.15. The predicted molar refractivity (Wildman–Crippen MR) is 46.9 cm³/mol. The molecule has 0 aromatic heterocycles. The van der Waals surface area contributed by atoms with Crippen LogP contribution in [-0.4, -0.2) is 6.04 Å². The van der Waals surface area contributed by atoms with Gasteiger partial charge in [-0.3, -0.25) is 0 Å². The van der Waals surface area contributed by atoms with Crippen molar-refractivity contribution in [3.05, 3.63) is 12.7 Å². The zero-order valence-electron chi connectivity index (χ0n) is 7.14. The van der Waals surface area contributed by atoms with Crippen LogP contribution in [0.25, 0.3) is 0 Å². The van der Waals surface area contributed by atoms with Gasteiger partial charge in [-0.2, -0.15) is 0 Å². The largest absolute Gasteiger partial charge is 0.328 e. The first-order chi connectivity index (χ1) is 4.70. The minimum atomic E-state index is 0.342. The van der Waals surface area contributed by atoms with E-state index in [0.29, 0.717) is 12.0 Å². The van der Waals surface area contributed by atoms with Crippen LogP contribution in [0.2, 0.25) is 0 Å². The molecule has 0 spiro atoms. The third-order valence-corrected chi connectivity index (χ3v) is 1.85. The molecule has 0 aromatic rings. The quantitative estimate of drug-likeness (QED) is 0.584. The third kappa shape index (κ3) is 4.57. The summed E-state index contributed by atoms with van der Waals surface area (Å²) in [7, 11) is 0. The molecule has 0 aliphatic carbocycles. The molecular formula is C9H19N. The standard InChI is InChI=1S/C9H19N/c1-4-9(5-2)7-6-8(3)10/h4,8-9H,1,5-7,10H2,2-3H3. The maximum absolute atomic E-state index is 5.62. The molecule has 10 heavy (non-hydrogen) atoms. The van der Waals surface area contributed by atoms with E-state index in [1.807, 2.05) is 6.08 Å². The first-order valence-corrected chi connectivity index (χ1v) is 4.08. The highest BCUT2D eigenvalue weighted by molar-refractivity contribution is 4.78. The van der Waals surface area contributed by atoms with Gasteiger partial charge in [0.1, 0.15) is 0 Å². The Balaban J connectivity index is 3.34. The lowest BCUT2D eigenvalue weighted by molar-refractivity contribution is 0.509. The fourth-order valence-electron chi connectivity index (χ4n) is 0.966. The van der Waals surface area contributed by atoms with Gasteiger partial charge in [-0.25, -0.2) is 0 Å². The van der Waals surface area contributed by atoms with E-state index in [9.17, 15) is 0 Å². The summed E-state index contributed by atoms with van der Waals surface area (Å²) < 4.78 is 0. The van der Waals surface area contributed by atoms with E-state index in [4.69, 9.17) is 5.73 Å². The monoisotopic (exact) mass is 141 g/mol. The molecule has 0 bridgehead atoms. The highest BCUT2D eigenvalue weighted by Crippen LogP contribution is 2.12. The maximum atomic E-state index is 5.62. The molecule has 2 unspecified atom stereocenters. The van der Waals surface area contributed by atoms with E-state index in [1.165, 1.54) is 12.8 Å². The molecule has 0 rings (SSSR count). The van der Waals surface area contributed by atoms with Crippen molar-refractivity contribution in [3.63, 3.8) is 0 Å². The number of nitrogens with two attached hydrogens (primary N) is 1. The van der Waals surface area contributed by atoms with E-state index in [0.717, 1.165) is 6.42 Å². The molecule has 2 N–H and O–H groups in total. The molecule has 0 aliphatic rings. The van der Waals surface area contributed by atoms with Crippen molar-refractivity contribution in [2.45, 2.75) is 39.2 Å². The van der Waals surface area contributed by atoms with Crippen LogP contribution >= 0.6 is 0 Å². The van der Waals surface area contributed by atoms with Gasteiger partial charge in [0.2, 0.25) is 0 Å². The zero-order valence-corrected chi connectivity index (χ0v) is 7.14. The highest BCUT2D eigenvalue weighted by Gasteiger charge is 2.01. The fraction of sp³-hybridized carbons (Fsp3) is 0.778. The van der Waals surface area contributed by atoms with Gasteiger partial charge in [-0.1, -0.05) is 13.0 Å². The van der Waals surface area contributed by atoms with E-state index in [-0.39, 0.29) is 0 Å². The molecule has 0 fully saturated rings. The Kier molecular flexibility index (Phi) is 5.32. The second-order valence-corrected chi connectivity index (χ2v) is 2.96. The normalized spacial score (nSPS) is 16.3. The van der Waals surface area contributed by atoms with Gasteiger partial charge < -0.3 is 5.73 Å². The summed E-state index contributed by atoms with van der Waals surface area (Å²) in [6.45, 7) is 8.01. The van der Waals surface area contributed by atoms with Crippen LogP contribution in [0.15, 0.2) is 12.7 Å². The lowest BCUT2D eigenvalue weighted by Gasteiger charge is -2.10. The Labute approximate surface area is 64.3 Å². The second kappa shape index (κ2) is 5.48. The first-order valence-electron chi connectivity index (χ1n) is 4.08. The number of rotatable bonds is 5. The van der Waals surface area contributed by atoms with Crippen LogP contribution < -0.4 is 5.73 Å². The smallest absolute Gasteiger partial charge is 0.00106 e. The van der Waals surface area contributed by atoms with Gasteiger partial charge in [0.25, 0.3) is 0 Å². The molecule has 0 saturated heterocycles. The van der Waals surface area contributed by atoms with Crippen LogP contribution in [0.4, 0.5) is 0 Å². The van der Waals surface area contributed by atoms with Crippen molar-refractivity contribution in [1.82, 2.24) is 0 Å². The molecule has 0 heterocycles. The van der Waals surface area contributed by atoms with E-state index in [1.54, 1.807) is 0 Å². The van der Waals surface area contributed by atoms with Crippen molar-refractivity contribution in [2.24, 2.45) is 11.7 Å². The molecule has 0 radical (unpaired) electrons. The summed E-state index contributed by atoms with van der Waals surface area (Å²) in [5.74, 6) is 0.672. The molecule has 0 aromatic carbocycles. The van der Waals surface area contributed by atoms with Gasteiger partial charge in [-0.05, 0) is 32.1 Å². The Hall–Kier alpha value is -0.300. The minimum Gasteiger partial charge on any atom is -0.328 e. The van der Waals surface area contributed by atoms with Crippen molar-refractivity contribution < 1.29 is 0 Å². The lowest BCUT2D eigenvalue weighted by atomic mass is 9.98. The van der Waals surface area contributed by atoms with Crippen LogP contribution in [0.3, 0.4) is 0 Å². The van der Waals surface area contributed by atoms with Crippen molar-refractivity contribution in [3.8, 4) is 0 Å². The average Bonchev–Trinajstić information content (AvgIpc) is 1.90. The zero-order chi connectivity index (χ0) is 7.98. The second-order valence-electron chi connectivity index (χ2n) is 2.96. The molecular weight excluding hydrogens is 122 g/mol. The molecule has 1 nitrogen and oxygen atoms in total. The Morgan fingerprint density at radius 3 is 2.40 bits per heavy atom. The summed E-state index contributed by atoms with van der Waals surface area (Å²) >= 11 is 0. The average molecular weight is 141 g/mol. The highest BCUT2D eigenvalue weighted by atomic mass is 14.6. The van der Waals surface area contributed by atoms with Gasteiger partial charge in [-0.15, -0.1) is 6.58 Å². The fourth-order valence-corrected chi connectivity index (χ4v) is 0.966. The third-order valence-electron chi connectivity index (χ3n) is 1.85. The van der Waals surface area contributed by atoms with E-state index in [2.05, 4.69) is 20.4 Å². The summed E-state index contributed by atoms with van der Waals surface area (Å²) in [5, 5.41) is 0. The number of hydrogen-bond acceptors (Lipinski definition) is 1. The molecule has 1 heteroatoms. The van der Waals surface area contributed by atoms with Crippen LogP contribution in [0.1, 0.15) is 33.1 Å². The van der Waals surface area contributed by atoms with Gasteiger partial charge in [0.05, 0.1) is 0 Å². The maximum Gasteiger partial charge on any atom is 0.00106 e. The first kappa shape index (κ1) is 9.70. The molecule has 0 saturated carbocycles. The summed E-state index contributed by atoms with van der Waals surface area (Å²) in [4.78, 5) is 0. The van der Waals surface area contributed by atoms with Crippen LogP contribution in [-0.2, 0) is 0 Å². The Morgan fingerprint density at radius 1 is 1.50 bits per heavy atom. The molecule has 2 atom stereocenters. The van der Waals surface area contributed by atoms with Crippen molar-refractivity contribution in [1.29, 1.82) is 0 Å². The van der Waals surface area contributed by atoms with Crippen LogP contribution in [0.5, 0.6) is 0 Å². The van der Waals surface area contributed by atoms with Crippen molar-refractivity contribution >= 4 is 0 Å². The molecule has 60 valence electrons. The van der Waals surface area contributed by atoms with Gasteiger partial charge >= 0.3 is 0 Å². The van der Waals surface area contributed by atoms with Gasteiger partial charge in [0.15, 0.2) is 0 Å². The van der Waals surface area contributed by atoms with Gasteiger partial charge in [0, 0.05) is 6.04 Å². The Bertz CT molecular complexity index is 86.7. The minimum absolute atomic E-state index is 0.342. The topological polar surface area (TPSA) is 26.0 Å². The molecule has 0 aliphatic heterocycles.